The van der Waals surface area contributed by atoms with Crippen LogP contribution in [0.5, 0.6) is 0 Å². The van der Waals surface area contributed by atoms with E-state index in [4.69, 9.17) is 12.8 Å². The quantitative estimate of drug-likeness (QED) is 0.558. The molecule has 0 spiro atoms. The summed E-state index contributed by atoms with van der Waals surface area (Å²) in [5, 5.41) is 0. The topological polar surface area (TPSA) is 12.4 Å². The minimum absolute atomic E-state index is 0.856. The Bertz CT molecular complexity index is 618. The largest absolute Gasteiger partial charge is 0.255 e. The van der Waals surface area contributed by atoms with Crippen LogP contribution in [0.3, 0.4) is 0 Å². The number of nitrogens with zero attached hydrogens (tertiary/aromatic N) is 1. The molecule has 17 heavy (non-hydrogen) atoms. The first kappa shape index (κ1) is 11.2. The molecule has 0 aliphatic carbocycles. The molecule has 0 aliphatic heterocycles. The highest BCUT2D eigenvalue weighted by atomic mass is 32.1. The second-order valence-corrected chi connectivity index (χ2v) is 4.41. The van der Waals surface area contributed by atoms with Crippen molar-refractivity contribution in [2.24, 2.45) is 4.99 Å². The molecular formula is C15H9NS. The summed E-state index contributed by atoms with van der Waals surface area (Å²) < 4.78 is 0. The Hall–Kier alpha value is -2.29. The van der Waals surface area contributed by atoms with E-state index in [9.17, 15) is 0 Å². The van der Waals surface area contributed by atoms with Crippen molar-refractivity contribution in [2.75, 3.05) is 0 Å². The first-order chi connectivity index (χ1) is 8.31. The summed E-state index contributed by atoms with van der Waals surface area (Å²) in [6.45, 7) is 0. The molecule has 0 aliphatic rings. The van der Waals surface area contributed by atoms with E-state index in [1.165, 1.54) is 0 Å². The van der Waals surface area contributed by atoms with Gasteiger partial charge in [-0.25, -0.2) is 0 Å². The van der Waals surface area contributed by atoms with Crippen molar-refractivity contribution >= 4 is 23.2 Å². The first-order valence-electron chi connectivity index (χ1n) is 4.99. The molecule has 0 atom stereocenters. The van der Waals surface area contributed by atoms with Gasteiger partial charge in [-0.05, 0) is 36.4 Å². The van der Waals surface area contributed by atoms with Crippen molar-refractivity contribution < 1.29 is 0 Å². The lowest BCUT2D eigenvalue weighted by atomic mass is 10.2. The van der Waals surface area contributed by atoms with Crippen LogP contribution in [0.25, 0.3) is 0 Å². The number of hydrogen-bond donors (Lipinski definition) is 0. The molecule has 0 fully saturated rings. The molecule has 0 saturated carbocycles. The smallest absolute Gasteiger partial charge is 0.0772 e. The zero-order valence-corrected chi connectivity index (χ0v) is 9.87. The Labute approximate surface area is 105 Å². The van der Waals surface area contributed by atoms with Crippen molar-refractivity contribution in [3.63, 3.8) is 0 Å². The summed E-state index contributed by atoms with van der Waals surface area (Å²) in [5.74, 6) is 5.16. The molecule has 2 heteroatoms. The number of aliphatic imine (C=N–C) groups is 1. The van der Waals surface area contributed by atoms with Crippen LogP contribution in [-0.2, 0) is 0 Å². The summed E-state index contributed by atoms with van der Waals surface area (Å²) in [5.41, 5.74) is 1.73. The number of benzene rings is 1. The summed E-state index contributed by atoms with van der Waals surface area (Å²) in [6.07, 6.45) is 12.4. The fourth-order valence-electron chi connectivity index (χ4n) is 1.28. The predicted molar refractivity (Wildman–Crippen MR) is 73.9 cm³/mol. The lowest BCUT2D eigenvalue weighted by molar-refractivity contribution is 1.52. The van der Waals surface area contributed by atoms with Gasteiger partial charge in [-0.15, -0.1) is 24.2 Å². The van der Waals surface area contributed by atoms with Gasteiger partial charge in [-0.2, -0.15) is 0 Å². The third-order valence-electron chi connectivity index (χ3n) is 2.14. The zero-order chi connectivity index (χ0) is 12.1. The molecule has 0 radical (unpaired) electrons. The molecule has 0 bridgehead atoms. The van der Waals surface area contributed by atoms with Crippen molar-refractivity contribution in [3.8, 4) is 24.7 Å². The van der Waals surface area contributed by atoms with E-state index >= 15 is 0 Å². The Morgan fingerprint density at radius 1 is 1.00 bits per heavy atom. The third-order valence-corrected chi connectivity index (χ3v) is 3.09. The first-order valence-corrected chi connectivity index (χ1v) is 5.80. The van der Waals surface area contributed by atoms with Gasteiger partial charge in [-0.3, -0.25) is 4.99 Å². The normalized spacial score (nSPS) is 10.0. The van der Waals surface area contributed by atoms with Crippen LogP contribution in [0.1, 0.15) is 15.3 Å². The van der Waals surface area contributed by atoms with Crippen LogP contribution in [0, 0.1) is 24.7 Å². The van der Waals surface area contributed by atoms with E-state index in [1.54, 1.807) is 17.6 Å². The predicted octanol–water partition coefficient (Wildman–Crippen LogP) is 3.46. The van der Waals surface area contributed by atoms with Gasteiger partial charge in [0.05, 0.1) is 10.6 Å². The van der Waals surface area contributed by atoms with Gasteiger partial charge in [0.2, 0.25) is 0 Å². The third kappa shape index (κ3) is 2.84. The highest BCUT2D eigenvalue weighted by Crippen LogP contribution is 2.16. The molecule has 0 unspecified atom stereocenters. The lowest BCUT2D eigenvalue weighted by Gasteiger charge is -1.93. The van der Waals surface area contributed by atoms with Crippen LogP contribution >= 0.6 is 11.3 Å². The average molecular weight is 235 g/mol. The number of terminal acetylenes is 2. The Balaban J connectivity index is 2.15. The zero-order valence-electron chi connectivity index (χ0n) is 9.05. The number of thiophene rings is 1. The summed E-state index contributed by atoms with van der Waals surface area (Å²) in [7, 11) is 0. The molecule has 1 aromatic heterocycles. The summed E-state index contributed by atoms with van der Waals surface area (Å²) in [4.78, 5) is 6.30. The molecule has 0 saturated heterocycles. The van der Waals surface area contributed by atoms with Gasteiger partial charge in [0.1, 0.15) is 0 Å². The second-order valence-electron chi connectivity index (χ2n) is 3.30. The van der Waals surface area contributed by atoms with Gasteiger partial charge in [-0.1, -0.05) is 11.8 Å². The molecule has 2 rings (SSSR count). The molecule has 0 N–H and O–H groups in total. The van der Waals surface area contributed by atoms with E-state index in [0.29, 0.717) is 0 Å². The van der Waals surface area contributed by atoms with Crippen molar-refractivity contribution in [2.45, 2.75) is 0 Å². The van der Waals surface area contributed by atoms with E-state index in [-0.39, 0.29) is 0 Å². The molecule has 1 aromatic carbocycles. The van der Waals surface area contributed by atoms with Gasteiger partial charge < -0.3 is 0 Å². The maximum Gasteiger partial charge on any atom is 0.0772 e. The van der Waals surface area contributed by atoms with E-state index < -0.39 is 0 Å². The van der Waals surface area contributed by atoms with Gasteiger partial charge in [0.25, 0.3) is 0 Å². The molecule has 1 nitrogen and oxygen atoms in total. The van der Waals surface area contributed by atoms with Crippen LogP contribution in [0.2, 0.25) is 0 Å². The SMILES string of the molecule is C#Cc1ccc(N=Cc2ccc(C#C)s2)cc1. The standard InChI is InChI=1S/C15H9NS/c1-3-12-5-7-13(8-6-12)16-11-15-10-9-14(4-2)17-15/h1-2,5-11H. The van der Waals surface area contributed by atoms with Crippen LogP contribution in [-0.4, -0.2) is 6.21 Å². The Morgan fingerprint density at radius 2 is 1.76 bits per heavy atom. The van der Waals surface area contributed by atoms with Gasteiger partial charge in [0, 0.05) is 16.7 Å². The summed E-state index contributed by atoms with van der Waals surface area (Å²) >= 11 is 1.54. The average Bonchev–Trinajstić information content (AvgIpc) is 2.85. The van der Waals surface area contributed by atoms with Gasteiger partial charge >= 0.3 is 0 Å². The van der Waals surface area contributed by atoms with E-state index in [0.717, 1.165) is 21.0 Å². The van der Waals surface area contributed by atoms with Crippen molar-refractivity contribution in [3.05, 3.63) is 51.7 Å². The highest BCUT2D eigenvalue weighted by molar-refractivity contribution is 7.14. The highest BCUT2D eigenvalue weighted by Gasteiger charge is 1.94. The fraction of sp³-hybridized carbons (Fsp3) is 0. The monoisotopic (exact) mass is 235 g/mol. The number of hydrogen-bond acceptors (Lipinski definition) is 2. The number of rotatable bonds is 2. The van der Waals surface area contributed by atoms with Crippen molar-refractivity contribution in [1.29, 1.82) is 0 Å². The van der Waals surface area contributed by atoms with Crippen LogP contribution in [0.15, 0.2) is 41.4 Å². The molecule has 80 valence electrons. The lowest BCUT2D eigenvalue weighted by Crippen LogP contribution is -1.73. The van der Waals surface area contributed by atoms with Crippen LogP contribution in [0.4, 0.5) is 5.69 Å². The molecule has 1 heterocycles. The Kier molecular flexibility index (Phi) is 3.40. The fourth-order valence-corrected chi connectivity index (χ4v) is 1.97. The maximum absolute atomic E-state index is 5.30. The minimum atomic E-state index is 0.856. The van der Waals surface area contributed by atoms with Crippen molar-refractivity contribution in [1.82, 2.24) is 0 Å². The van der Waals surface area contributed by atoms with E-state index in [1.807, 2.05) is 36.4 Å². The molecular weight excluding hydrogens is 226 g/mol. The minimum Gasteiger partial charge on any atom is -0.255 e. The molecule has 2 aromatic rings. The summed E-state index contributed by atoms with van der Waals surface area (Å²) in [6, 6.07) is 11.4. The van der Waals surface area contributed by atoms with Gasteiger partial charge in [0.15, 0.2) is 0 Å². The maximum atomic E-state index is 5.30. The Morgan fingerprint density at radius 3 is 2.35 bits per heavy atom. The van der Waals surface area contributed by atoms with E-state index in [2.05, 4.69) is 16.8 Å². The molecule has 0 amide bonds. The van der Waals surface area contributed by atoms with Crippen LogP contribution < -0.4 is 0 Å². The second kappa shape index (κ2) is 5.16.